The average Bonchev–Trinajstić information content (AvgIpc) is 1.46. The van der Waals surface area contributed by atoms with Gasteiger partial charge in [0.05, 0.1) is 0 Å². The lowest BCUT2D eigenvalue weighted by atomic mass is 11.3. The fraction of sp³-hybridized carbons (Fsp3) is 0.333. The summed E-state index contributed by atoms with van der Waals surface area (Å²) in [6, 6.07) is -0.278. The van der Waals surface area contributed by atoms with Gasteiger partial charge in [0.1, 0.15) is 6.07 Å². The number of rotatable bonds is 0. The molecule has 0 heterocycles. The maximum absolute atomic E-state index is 7.33. The molecule has 5 heavy (non-hydrogen) atoms. The first-order chi connectivity index (χ1) is 2.41. The Morgan fingerprint density at radius 1 is 1.60 bits per heavy atom. The van der Waals surface area contributed by atoms with Gasteiger partial charge in [-0.2, -0.15) is 0 Å². The Balaban J connectivity index is 0. The van der Waals surface area contributed by atoms with Gasteiger partial charge in [-0.3, -0.25) is 0 Å². The van der Waals surface area contributed by atoms with Crippen molar-refractivity contribution in [2.75, 3.05) is 6.07 Å². The summed E-state index contributed by atoms with van der Waals surface area (Å²) in [6.07, 6.45) is 0. The second-order valence-corrected chi connectivity index (χ2v) is 0.359. The van der Waals surface area contributed by atoms with Crippen molar-refractivity contribution in [1.82, 2.24) is 0 Å². The number of halogens is 1. The summed E-state index contributed by atoms with van der Waals surface area (Å²) >= 11 is 4.55. The topological polar surface area (TPSA) is 20.2 Å². The Hall–Kier alpha value is -0.0100. The summed E-state index contributed by atoms with van der Waals surface area (Å²) in [5, 5.41) is 7.33. The molecule has 0 aliphatic rings. The molecule has 0 atom stereocenters. The van der Waals surface area contributed by atoms with Crippen LogP contribution in [-0.2, 0) is 0 Å². The van der Waals surface area contributed by atoms with Gasteiger partial charge < -0.3 is 5.11 Å². The maximum Gasteiger partial charge on any atom is 0.117 e. The molecule has 32 valence electrons. The minimum Gasteiger partial charge on any atom is -0.381 e. The van der Waals surface area contributed by atoms with Gasteiger partial charge >= 0.3 is 0 Å². The zero-order valence-electron chi connectivity index (χ0n) is 2.95. The van der Waals surface area contributed by atoms with E-state index in [2.05, 4.69) is 24.8 Å². The number of aliphatic hydroxyl groups is 1. The first-order valence-corrected chi connectivity index (χ1v) is 1.62. The van der Waals surface area contributed by atoms with Gasteiger partial charge in [-0.15, -0.1) is 13.2 Å². The third kappa shape index (κ3) is 158000. The predicted octanol–water partition coefficient (Wildman–Crippen LogP) is 0.977. The van der Waals surface area contributed by atoms with Gasteiger partial charge in [0, 0.05) is 0 Å². The van der Waals surface area contributed by atoms with Crippen molar-refractivity contribution in [2.45, 2.75) is 0 Å². The molecule has 0 radical (unpaired) electrons. The lowest BCUT2D eigenvalue weighted by Crippen LogP contribution is -1.49. The summed E-state index contributed by atoms with van der Waals surface area (Å²) in [6.45, 7) is 6.00. The van der Waals surface area contributed by atoms with E-state index >= 15 is 0 Å². The van der Waals surface area contributed by atoms with E-state index in [4.69, 9.17) is 5.11 Å². The highest BCUT2D eigenvalue weighted by atomic mass is 35.5. The summed E-state index contributed by atoms with van der Waals surface area (Å²) in [5.41, 5.74) is 0. The van der Waals surface area contributed by atoms with Crippen LogP contribution >= 0.6 is 11.6 Å². The standard InChI is InChI=1S/C2H4.CH3ClO/c1-2;2-1-3/h1-2H2;3H,1H2. The molecule has 0 amide bonds. The summed E-state index contributed by atoms with van der Waals surface area (Å²) in [4.78, 5) is 0. The number of aliphatic hydroxyl groups excluding tert-OH is 1. The quantitative estimate of drug-likeness (QED) is 0.350. The third-order valence-electron chi connectivity index (χ3n) is 0. The Bertz CT molecular complexity index is 10.9. The van der Waals surface area contributed by atoms with Crippen LogP contribution in [0.4, 0.5) is 0 Å². The van der Waals surface area contributed by atoms with E-state index in [1.807, 2.05) is 0 Å². The van der Waals surface area contributed by atoms with Crippen LogP contribution in [-0.4, -0.2) is 11.2 Å². The molecule has 0 aromatic heterocycles. The van der Waals surface area contributed by atoms with Crippen LogP contribution in [0.15, 0.2) is 13.2 Å². The van der Waals surface area contributed by atoms with Gasteiger partial charge in [0.2, 0.25) is 0 Å². The molecular weight excluding hydrogens is 87.5 g/mol. The summed E-state index contributed by atoms with van der Waals surface area (Å²) in [5.74, 6) is 0. The molecule has 0 rings (SSSR count). The van der Waals surface area contributed by atoms with E-state index in [0.717, 1.165) is 0 Å². The highest BCUT2D eigenvalue weighted by Gasteiger charge is 1.37. The van der Waals surface area contributed by atoms with Crippen molar-refractivity contribution in [3.8, 4) is 0 Å². The maximum atomic E-state index is 7.33. The van der Waals surface area contributed by atoms with Crippen LogP contribution in [0.1, 0.15) is 0 Å². The SMILES string of the molecule is C=C.OCCl. The molecule has 0 bridgehead atoms. The Kier molecular flexibility index (Phi) is 64.7. The molecule has 1 N–H and O–H groups in total. The molecule has 0 spiro atoms. The smallest absolute Gasteiger partial charge is 0.117 e. The van der Waals surface area contributed by atoms with Crippen molar-refractivity contribution < 1.29 is 5.11 Å². The molecule has 1 nitrogen and oxygen atoms in total. The minimum absolute atomic E-state index is 0.278. The third-order valence-corrected chi connectivity index (χ3v) is 0. The number of hydrogen-bond donors (Lipinski definition) is 1. The van der Waals surface area contributed by atoms with E-state index in [1.54, 1.807) is 0 Å². The molecule has 0 aliphatic heterocycles. The van der Waals surface area contributed by atoms with E-state index in [1.165, 1.54) is 0 Å². The van der Waals surface area contributed by atoms with Crippen molar-refractivity contribution in [3.05, 3.63) is 13.2 Å². The van der Waals surface area contributed by atoms with Crippen molar-refractivity contribution in [2.24, 2.45) is 0 Å². The molecule has 0 fully saturated rings. The number of hydrogen-bond acceptors (Lipinski definition) is 1. The van der Waals surface area contributed by atoms with Crippen LogP contribution in [0.3, 0.4) is 0 Å². The normalized spacial score (nSPS) is 4.40. The average molecular weight is 94.5 g/mol. The van der Waals surface area contributed by atoms with Gasteiger partial charge in [0.15, 0.2) is 0 Å². The van der Waals surface area contributed by atoms with Crippen LogP contribution in [0.2, 0.25) is 0 Å². The zero-order valence-corrected chi connectivity index (χ0v) is 3.70. The summed E-state index contributed by atoms with van der Waals surface area (Å²) in [7, 11) is 0. The molecule has 2 heteroatoms. The fourth-order valence-corrected chi connectivity index (χ4v) is 0. The van der Waals surface area contributed by atoms with E-state index < -0.39 is 0 Å². The second-order valence-electron chi connectivity index (χ2n) is 0.120. The number of alkyl halides is 1. The van der Waals surface area contributed by atoms with Crippen molar-refractivity contribution >= 4 is 11.6 Å². The minimum atomic E-state index is -0.278. The monoisotopic (exact) mass is 94.0 g/mol. The lowest BCUT2D eigenvalue weighted by Gasteiger charge is -1.49. The molecule has 0 saturated carbocycles. The predicted molar refractivity (Wildman–Crippen MR) is 24.2 cm³/mol. The first-order valence-electron chi connectivity index (χ1n) is 1.08. The highest BCUT2D eigenvalue weighted by Crippen LogP contribution is 1.53. The van der Waals surface area contributed by atoms with Gasteiger partial charge in [-0.1, -0.05) is 11.6 Å². The van der Waals surface area contributed by atoms with Gasteiger partial charge in [-0.25, -0.2) is 0 Å². The Morgan fingerprint density at radius 2 is 1.60 bits per heavy atom. The zero-order chi connectivity index (χ0) is 4.71. The molecule has 0 aromatic carbocycles. The fourth-order valence-electron chi connectivity index (χ4n) is 0. The van der Waals surface area contributed by atoms with Crippen LogP contribution in [0.5, 0.6) is 0 Å². The largest absolute Gasteiger partial charge is 0.381 e. The Morgan fingerprint density at radius 3 is 1.60 bits per heavy atom. The van der Waals surface area contributed by atoms with Crippen molar-refractivity contribution in [3.63, 3.8) is 0 Å². The summed E-state index contributed by atoms with van der Waals surface area (Å²) < 4.78 is 0. The van der Waals surface area contributed by atoms with E-state index in [0.29, 0.717) is 0 Å². The van der Waals surface area contributed by atoms with E-state index in [-0.39, 0.29) is 6.07 Å². The van der Waals surface area contributed by atoms with Crippen LogP contribution < -0.4 is 0 Å². The molecule has 0 aromatic rings. The molecular formula is C3H7ClO. The van der Waals surface area contributed by atoms with Crippen LogP contribution in [0.25, 0.3) is 0 Å². The lowest BCUT2D eigenvalue weighted by molar-refractivity contribution is 0.370. The molecule has 0 unspecified atom stereocenters. The van der Waals surface area contributed by atoms with E-state index in [9.17, 15) is 0 Å². The first kappa shape index (κ1) is 8.89. The van der Waals surface area contributed by atoms with Crippen molar-refractivity contribution in [1.29, 1.82) is 0 Å². The molecule has 0 aliphatic carbocycles. The van der Waals surface area contributed by atoms with Crippen LogP contribution in [0, 0.1) is 0 Å². The highest BCUT2D eigenvalue weighted by molar-refractivity contribution is 6.16. The van der Waals surface area contributed by atoms with Gasteiger partial charge in [0.25, 0.3) is 0 Å². The van der Waals surface area contributed by atoms with Gasteiger partial charge in [-0.05, 0) is 0 Å². The molecule has 0 saturated heterocycles. The second kappa shape index (κ2) is 36.4. The Labute approximate surface area is 36.9 Å².